The molecule has 1 aliphatic heterocycles. The van der Waals surface area contributed by atoms with Gasteiger partial charge in [0.1, 0.15) is 0 Å². The minimum Gasteiger partial charge on any atom is -0.372 e. The number of para-hydroxylation sites is 1. The van der Waals surface area contributed by atoms with Gasteiger partial charge in [-0.25, -0.2) is 0 Å². The summed E-state index contributed by atoms with van der Waals surface area (Å²) in [5.74, 6) is -2.12. The van der Waals surface area contributed by atoms with Gasteiger partial charge in [-0.3, -0.25) is 14.4 Å². The molecule has 0 saturated carbocycles. The van der Waals surface area contributed by atoms with Gasteiger partial charge >= 0.3 is 11.8 Å². The minimum atomic E-state index is -0.796. The van der Waals surface area contributed by atoms with Crippen molar-refractivity contribution >= 4 is 23.4 Å². The van der Waals surface area contributed by atoms with Crippen LogP contribution in [0.4, 0.5) is 5.69 Å². The van der Waals surface area contributed by atoms with Crippen molar-refractivity contribution in [1.82, 2.24) is 4.90 Å². The standard InChI is InChI=1S/C15H19N3O4/c1-9-7-18(8-10(2)22-9)15(21)14(20)17-12-6-4-3-5-11(12)13(16)19/h3-6,9-10H,7-8H2,1-2H3,(H2,16,19)(H,17,20). The van der Waals surface area contributed by atoms with Crippen LogP contribution in [0.15, 0.2) is 24.3 Å². The van der Waals surface area contributed by atoms with Crippen molar-refractivity contribution in [3.8, 4) is 0 Å². The summed E-state index contributed by atoms with van der Waals surface area (Å²) in [5, 5.41) is 2.45. The molecule has 2 rings (SSSR count). The van der Waals surface area contributed by atoms with Crippen molar-refractivity contribution in [3.05, 3.63) is 29.8 Å². The molecule has 1 saturated heterocycles. The molecule has 0 aliphatic carbocycles. The molecule has 22 heavy (non-hydrogen) atoms. The van der Waals surface area contributed by atoms with Gasteiger partial charge in [0.25, 0.3) is 5.91 Å². The van der Waals surface area contributed by atoms with E-state index in [1.807, 2.05) is 13.8 Å². The van der Waals surface area contributed by atoms with Crippen LogP contribution in [0.2, 0.25) is 0 Å². The lowest BCUT2D eigenvalue weighted by Gasteiger charge is -2.34. The van der Waals surface area contributed by atoms with E-state index in [4.69, 9.17) is 10.5 Å². The lowest BCUT2D eigenvalue weighted by Crippen LogP contribution is -2.51. The number of benzene rings is 1. The highest BCUT2D eigenvalue weighted by molar-refractivity contribution is 6.39. The Hall–Kier alpha value is -2.41. The zero-order valence-corrected chi connectivity index (χ0v) is 12.5. The molecule has 2 atom stereocenters. The molecular formula is C15H19N3O4. The molecule has 0 bridgehead atoms. The van der Waals surface area contributed by atoms with Gasteiger partial charge in [-0.2, -0.15) is 0 Å². The number of amides is 3. The van der Waals surface area contributed by atoms with Crippen molar-refractivity contribution in [2.45, 2.75) is 26.1 Å². The molecule has 7 heteroatoms. The average molecular weight is 305 g/mol. The summed E-state index contributed by atoms with van der Waals surface area (Å²) in [7, 11) is 0. The van der Waals surface area contributed by atoms with Crippen LogP contribution in [0.1, 0.15) is 24.2 Å². The lowest BCUT2D eigenvalue weighted by atomic mass is 10.1. The van der Waals surface area contributed by atoms with E-state index in [0.717, 1.165) is 0 Å². The van der Waals surface area contributed by atoms with Gasteiger partial charge < -0.3 is 20.7 Å². The van der Waals surface area contributed by atoms with E-state index in [2.05, 4.69) is 5.32 Å². The second-order valence-corrected chi connectivity index (χ2v) is 5.33. The molecule has 1 heterocycles. The van der Waals surface area contributed by atoms with Crippen LogP contribution in [0, 0.1) is 0 Å². The number of primary amides is 1. The monoisotopic (exact) mass is 305 g/mol. The van der Waals surface area contributed by atoms with Crippen LogP contribution < -0.4 is 11.1 Å². The Balaban J connectivity index is 2.09. The predicted octanol–water partition coefficient (Wildman–Crippen LogP) is 0.360. The number of morpholine rings is 1. The molecule has 1 fully saturated rings. The zero-order chi connectivity index (χ0) is 16.3. The minimum absolute atomic E-state index is 0.126. The van der Waals surface area contributed by atoms with Gasteiger partial charge in [-0.05, 0) is 26.0 Å². The van der Waals surface area contributed by atoms with Crippen molar-refractivity contribution in [2.24, 2.45) is 5.73 Å². The number of carbonyl (C=O) groups is 3. The van der Waals surface area contributed by atoms with Gasteiger partial charge in [-0.1, -0.05) is 12.1 Å². The van der Waals surface area contributed by atoms with E-state index >= 15 is 0 Å². The van der Waals surface area contributed by atoms with Gasteiger partial charge in [0, 0.05) is 13.1 Å². The molecule has 1 aliphatic rings. The maximum absolute atomic E-state index is 12.2. The topological polar surface area (TPSA) is 102 Å². The van der Waals surface area contributed by atoms with Crippen LogP contribution in [-0.2, 0) is 14.3 Å². The third kappa shape index (κ3) is 3.62. The summed E-state index contributed by atoms with van der Waals surface area (Å²) in [6.07, 6.45) is -0.253. The van der Waals surface area contributed by atoms with E-state index in [0.29, 0.717) is 13.1 Å². The molecule has 0 spiro atoms. The predicted molar refractivity (Wildman–Crippen MR) is 80.2 cm³/mol. The first-order valence-electron chi connectivity index (χ1n) is 7.03. The van der Waals surface area contributed by atoms with Crippen molar-refractivity contribution in [3.63, 3.8) is 0 Å². The van der Waals surface area contributed by atoms with Crippen molar-refractivity contribution < 1.29 is 19.1 Å². The molecule has 1 aromatic carbocycles. The summed E-state index contributed by atoms with van der Waals surface area (Å²) < 4.78 is 5.53. The van der Waals surface area contributed by atoms with Crippen molar-refractivity contribution in [2.75, 3.05) is 18.4 Å². The number of hydrogen-bond acceptors (Lipinski definition) is 4. The fourth-order valence-electron chi connectivity index (χ4n) is 2.47. The Bertz CT molecular complexity index is 592. The first-order valence-corrected chi connectivity index (χ1v) is 7.03. The number of hydrogen-bond donors (Lipinski definition) is 2. The van der Waals surface area contributed by atoms with Crippen LogP contribution >= 0.6 is 0 Å². The quantitative estimate of drug-likeness (QED) is 0.770. The fourth-order valence-corrected chi connectivity index (χ4v) is 2.47. The average Bonchev–Trinajstić information content (AvgIpc) is 2.45. The Morgan fingerprint density at radius 1 is 1.18 bits per heavy atom. The molecule has 7 nitrogen and oxygen atoms in total. The summed E-state index contributed by atoms with van der Waals surface area (Å²) in [4.78, 5) is 37.1. The highest BCUT2D eigenvalue weighted by Gasteiger charge is 2.30. The smallest absolute Gasteiger partial charge is 0.313 e. The summed E-state index contributed by atoms with van der Waals surface area (Å²) in [5.41, 5.74) is 5.63. The second kappa shape index (κ2) is 6.57. The molecule has 0 aromatic heterocycles. The Labute approximate surface area is 128 Å². The van der Waals surface area contributed by atoms with Crippen LogP contribution in [0.25, 0.3) is 0 Å². The molecule has 0 radical (unpaired) electrons. The number of nitrogens with two attached hydrogens (primary N) is 1. The number of carbonyl (C=O) groups excluding carboxylic acids is 3. The molecular weight excluding hydrogens is 286 g/mol. The maximum atomic E-state index is 12.2. The fraction of sp³-hybridized carbons (Fsp3) is 0.400. The normalized spacial score (nSPS) is 21.3. The van der Waals surface area contributed by atoms with Crippen LogP contribution in [0.5, 0.6) is 0 Å². The van der Waals surface area contributed by atoms with Crippen LogP contribution in [0.3, 0.4) is 0 Å². The first-order chi connectivity index (χ1) is 10.4. The summed E-state index contributed by atoms with van der Waals surface area (Å²) in [6, 6.07) is 6.28. The number of ether oxygens (including phenoxy) is 1. The Morgan fingerprint density at radius 2 is 1.77 bits per heavy atom. The number of nitrogens with zero attached hydrogens (tertiary/aromatic N) is 1. The Morgan fingerprint density at radius 3 is 2.36 bits per heavy atom. The van der Waals surface area contributed by atoms with Gasteiger partial charge in [0.05, 0.1) is 23.5 Å². The molecule has 1 aromatic rings. The van der Waals surface area contributed by atoms with Crippen LogP contribution in [-0.4, -0.2) is 47.9 Å². The van der Waals surface area contributed by atoms with E-state index < -0.39 is 17.7 Å². The molecule has 3 amide bonds. The zero-order valence-electron chi connectivity index (χ0n) is 12.5. The SMILES string of the molecule is CC1CN(C(=O)C(=O)Nc2ccccc2C(N)=O)CC(C)O1. The van der Waals surface area contributed by atoms with E-state index in [9.17, 15) is 14.4 Å². The van der Waals surface area contributed by atoms with Gasteiger partial charge in [0.15, 0.2) is 0 Å². The lowest BCUT2D eigenvalue weighted by molar-refractivity contribution is -0.151. The largest absolute Gasteiger partial charge is 0.372 e. The third-order valence-electron chi connectivity index (χ3n) is 3.34. The van der Waals surface area contributed by atoms with Gasteiger partial charge in [0.2, 0.25) is 0 Å². The number of rotatable bonds is 2. The summed E-state index contributed by atoms with van der Waals surface area (Å²) in [6.45, 7) is 4.40. The van der Waals surface area contributed by atoms with E-state index in [-0.39, 0.29) is 23.5 Å². The van der Waals surface area contributed by atoms with E-state index in [1.165, 1.54) is 17.0 Å². The molecule has 118 valence electrons. The maximum Gasteiger partial charge on any atom is 0.313 e. The first kappa shape index (κ1) is 16.0. The Kier molecular flexibility index (Phi) is 4.77. The van der Waals surface area contributed by atoms with E-state index in [1.54, 1.807) is 12.1 Å². The summed E-state index contributed by atoms with van der Waals surface area (Å²) >= 11 is 0. The number of nitrogens with one attached hydrogen (secondary N) is 1. The van der Waals surface area contributed by atoms with Crippen molar-refractivity contribution in [1.29, 1.82) is 0 Å². The third-order valence-corrected chi connectivity index (χ3v) is 3.34. The number of anilines is 1. The molecule has 2 unspecified atom stereocenters. The molecule has 3 N–H and O–H groups in total. The highest BCUT2D eigenvalue weighted by Crippen LogP contribution is 2.15. The van der Waals surface area contributed by atoms with Gasteiger partial charge in [-0.15, -0.1) is 0 Å². The highest BCUT2D eigenvalue weighted by atomic mass is 16.5. The second-order valence-electron chi connectivity index (χ2n) is 5.33.